The molecule has 3 nitrogen and oxygen atoms in total. The van der Waals surface area contributed by atoms with Crippen molar-refractivity contribution < 1.29 is 0 Å². The highest BCUT2D eigenvalue weighted by Crippen LogP contribution is 2.51. The summed E-state index contributed by atoms with van der Waals surface area (Å²) < 4.78 is 2.26. The fraction of sp³-hybridized carbons (Fsp3) is 0.111. The summed E-state index contributed by atoms with van der Waals surface area (Å²) in [5, 5.41) is 1.09. The van der Waals surface area contributed by atoms with E-state index >= 15 is 0 Å². The fourth-order valence-electron chi connectivity index (χ4n) is 7.10. The number of nitrogens with zero attached hydrogens (tertiary/aromatic N) is 3. The van der Waals surface area contributed by atoms with Crippen LogP contribution in [0.4, 0.5) is 0 Å². The molecule has 184 valence electrons. The van der Waals surface area contributed by atoms with Crippen LogP contribution in [-0.4, -0.2) is 14.4 Å². The van der Waals surface area contributed by atoms with Crippen molar-refractivity contribution in [1.82, 2.24) is 14.4 Å². The Hall–Kier alpha value is -4.76. The lowest BCUT2D eigenvalue weighted by atomic mass is 9.65. The molecule has 0 saturated heterocycles. The first-order valence-corrected chi connectivity index (χ1v) is 13.8. The van der Waals surface area contributed by atoms with Crippen LogP contribution < -0.4 is 0 Å². The summed E-state index contributed by atoms with van der Waals surface area (Å²) in [4.78, 5) is 10.2. The maximum atomic E-state index is 5.19. The molecule has 0 N–H and O–H groups in total. The van der Waals surface area contributed by atoms with Crippen molar-refractivity contribution in [2.75, 3.05) is 0 Å². The molecule has 0 aliphatic heterocycles. The maximum Gasteiger partial charge on any atom is 0.149 e. The van der Waals surface area contributed by atoms with E-state index in [1.54, 1.807) is 0 Å². The van der Waals surface area contributed by atoms with Crippen LogP contribution in [0, 0.1) is 5.92 Å². The minimum absolute atomic E-state index is 0.382. The van der Waals surface area contributed by atoms with E-state index < -0.39 is 0 Å². The highest BCUT2D eigenvalue weighted by Gasteiger charge is 2.36. The minimum Gasteiger partial charge on any atom is -0.276 e. The Morgan fingerprint density at radius 3 is 2.36 bits per heavy atom. The summed E-state index contributed by atoms with van der Waals surface area (Å²) in [6, 6.07) is 23.4. The van der Waals surface area contributed by atoms with Gasteiger partial charge in [0.25, 0.3) is 0 Å². The largest absolute Gasteiger partial charge is 0.276 e. The van der Waals surface area contributed by atoms with E-state index in [2.05, 4.69) is 120 Å². The van der Waals surface area contributed by atoms with Crippen LogP contribution in [0.3, 0.4) is 0 Å². The number of hydrogen-bond acceptors (Lipinski definition) is 2. The average molecular weight is 500 g/mol. The fourth-order valence-corrected chi connectivity index (χ4v) is 7.10. The molecule has 0 bridgehead atoms. The van der Waals surface area contributed by atoms with Crippen molar-refractivity contribution in [2.45, 2.75) is 18.8 Å². The van der Waals surface area contributed by atoms with Gasteiger partial charge in [0.2, 0.25) is 0 Å². The van der Waals surface area contributed by atoms with Gasteiger partial charge in [-0.05, 0) is 76.1 Å². The lowest BCUT2D eigenvalue weighted by Crippen LogP contribution is -2.24. The third-order valence-corrected chi connectivity index (χ3v) is 8.91. The van der Waals surface area contributed by atoms with Gasteiger partial charge in [-0.2, -0.15) is 0 Å². The van der Waals surface area contributed by atoms with Gasteiger partial charge in [0.15, 0.2) is 0 Å². The Morgan fingerprint density at radius 1 is 0.667 bits per heavy atom. The van der Waals surface area contributed by atoms with Crippen molar-refractivity contribution in [3.8, 4) is 0 Å². The quantitative estimate of drug-likeness (QED) is 0.244. The number of fused-ring (bicyclic) bond motifs is 5. The summed E-state index contributed by atoms with van der Waals surface area (Å²) >= 11 is 0. The standard InChI is InChI=1S/C36H25N3/c1-2-9-30-29(8-1)36-38-31-10-3-4-11-32(31)39(36)35(37-30)26-16-12-22(13-17-26)27-20-18-25-15-14-23-6-5-7-24-19-21-28(27)34(25)33(23)24/h1-12,14-16,18-21,28,34H,13,17H2. The molecule has 2 unspecified atom stereocenters. The second-order valence-corrected chi connectivity index (χ2v) is 10.9. The third kappa shape index (κ3) is 2.99. The Morgan fingerprint density at radius 2 is 1.46 bits per heavy atom. The van der Waals surface area contributed by atoms with Gasteiger partial charge in [-0.15, -0.1) is 0 Å². The van der Waals surface area contributed by atoms with Crippen molar-refractivity contribution in [3.63, 3.8) is 0 Å². The SMILES string of the molecule is C1=Cc2cccc3c2C2C1=CC=C(C1=CC=C(c4nc5ccccc5c5nc6ccccc6n45)CC1)C2C=C3. The molecule has 0 amide bonds. The first kappa shape index (κ1) is 21.2. The third-order valence-electron chi connectivity index (χ3n) is 8.91. The number of allylic oxidation sites excluding steroid dienone is 10. The van der Waals surface area contributed by atoms with Crippen LogP contribution >= 0.6 is 0 Å². The molecule has 2 aromatic heterocycles. The maximum absolute atomic E-state index is 5.19. The first-order chi connectivity index (χ1) is 19.3. The first-order valence-electron chi connectivity index (χ1n) is 13.8. The van der Waals surface area contributed by atoms with Gasteiger partial charge < -0.3 is 0 Å². The van der Waals surface area contributed by atoms with E-state index in [-0.39, 0.29) is 0 Å². The highest BCUT2D eigenvalue weighted by molar-refractivity contribution is 5.97. The zero-order valence-electron chi connectivity index (χ0n) is 21.4. The molecule has 0 saturated carbocycles. The minimum atomic E-state index is 0.382. The van der Waals surface area contributed by atoms with Gasteiger partial charge >= 0.3 is 0 Å². The van der Waals surface area contributed by atoms with Crippen molar-refractivity contribution in [3.05, 3.63) is 142 Å². The smallest absolute Gasteiger partial charge is 0.149 e. The van der Waals surface area contributed by atoms with Crippen LogP contribution in [0.25, 0.3) is 45.3 Å². The topological polar surface area (TPSA) is 30.2 Å². The van der Waals surface area contributed by atoms with Gasteiger partial charge in [0.05, 0.1) is 16.6 Å². The summed E-state index contributed by atoms with van der Waals surface area (Å²) in [6.45, 7) is 0. The molecule has 4 aliphatic carbocycles. The molecule has 9 rings (SSSR count). The molecule has 3 heteroatoms. The summed E-state index contributed by atoms with van der Waals surface area (Å²) in [5.74, 6) is 1.80. The second-order valence-electron chi connectivity index (χ2n) is 10.9. The van der Waals surface area contributed by atoms with Crippen LogP contribution in [0.2, 0.25) is 0 Å². The zero-order valence-corrected chi connectivity index (χ0v) is 21.4. The van der Waals surface area contributed by atoms with Crippen LogP contribution in [-0.2, 0) is 0 Å². The second kappa shape index (κ2) is 7.87. The van der Waals surface area contributed by atoms with E-state index in [0.717, 1.165) is 46.2 Å². The van der Waals surface area contributed by atoms with Crippen LogP contribution in [0.5, 0.6) is 0 Å². The lowest BCUT2D eigenvalue weighted by molar-refractivity contribution is 0.629. The number of hydrogen-bond donors (Lipinski definition) is 0. The van der Waals surface area contributed by atoms with Gasteiger partial charge in [0, 0.05) is 17.2 Å². The number of imidazole rings is 1. The Kier molecular flexibility index (Phi) is 4.28. The number of rotatable bonds is 2. The van der Waals surface area contributed by atoms with Crippen LogP contribution in [0.1, 0.15) is 41.3 Å². The molecule has 0 radical (unpaired) electrons. The van der Waals surface area contributed by atoms with E-state index in [9.17, 15) is 0 Å². The van der Waals surface area contributed by atoms with E-state index in [1.807, 2.05) is 0 Å². The van der Waals surface area contributed by atoms with E-state index in [0.29, 0.717) is 11.8 Å². The van der Waals surface area contributed by atoms with E-state index in [1.165, 1.54) is 39.0 Å². The van der Waals surface area contributed by atoms with Gasteiger partial charge in [0.1, 0.15) is 11.5 Å². The number of aromatic nitrogens is 3. The Balaban J connectivity index is 1.18. The van der Waals surface area contributed by atoms with Crippen molar-refractivity contribution >= 4 is 45.3 Å². The number of para-hydroxylation sites is 3. The predicted octanol–water partition coefficient (Wildman–Crippen LogP) is 8.46. The van der Waals surface area contributed by atoms with Crippen molar-refractivity contribution in [2.24, 2.45) is 5.92 Å². The van der Waals surface area contributed by atoms with E-state index in [4.69, 9.17) is 9.97 Å². The predicted molar refractivity (Wildman–Crippen MR) is 160 cm³/mol. The Labute approximate surface area is 226 Å². The highest BCUT2D eigenvalue weighted by atomic mass is 15.1. The summed E-state index contributed by atoms with van der Waals surface area (Å²) in [7, 11) is 0. The van der Waals surface area contributed by atoms with Gasteiger partial charge in [-0.25, -0.2) is 9.97 Å². The molecule has 39 heavy (non-hydrogen) atoms. The Bertz CT molecular complexity index is 2080. The summed E-state index contributed by atoms with van der Waals surface area (Å²) in [5.41, 5.74) is 13.9. The molecule has 3 aromatic carbocycles. The molecule has 2 heterocycles. The molecule has 0 fully saturated rings. The van der Waals surface area contributed by atoms with Crippen LogP contribution in [0.15, 0.2) is 120 Å². The van der Waals surface area contributed by atoms with Gasteiger partial charge in [-0.1, -0.05) is 91.1 Å². The monoisotopic (exact) mass is 499 g/mol. The molecule has 5 aromatic rings. The molecular weight excluding hydrogens is 474 g/mol. The molecular formula is C36H25N3. The normalized spacial score (nSPS) is 21.0. The molecule has 4 aliphatic rings. The molecule has 2 atom stereocenters. The molecule has 0 spiro atoms. The lowest BCUT2D eigenvalue weighted by Gasteiger charge is -2.39. The van der Waals surface area contributed by atoms with Gasteiger partial charge in [-0.3, -0.25) is 4.40 Å². The van der Waals surface area contributed by atoms with Crippen molar-refractivity contribution in [1.29, 1.82) is 0 Å². The zero-order chi connectivity index (χ0) is 25.5. The summed E-state index contributed by atoms with van der Waals surface area (Å²) in [6.07, 6.45) is 20.7. The average Bonchev–Trinajstić information content (AvgIpc) is 3.40. The number of benzene rings is 3.